The summed E-state index contributed by atoms with van der Waals surface area (Å²) in [5.41, 5.74) is -3.76. The van der Waals surface area contributed by atoms with Gasteiger partial charge in [0.1, 0.15) is 5.92 Å². The van der Waals surface area contributed by atoms with Crippen LogP contribution >= 0.6 is 0 Å². The smallest absolute Gasteiger partial charge is 0.355 e. The summed E-state index contributed by atoms with van der Waals surface area (Å²) >= 11 is 0. The predicted octanol–water partition coefficient (Wildman–Crippen LogP) is 2.80. The normalized spacial score (nSPS) is 18.7. The maximum atomic E-state index is 12.7. The molecule has 1 unspecified atom stereocenters. The van der Waals surface area contributed by atoms with Gasteiger partial charge in [-0.3, -0.25) is 9.59 Å². The van der Waals surface area contributed by atoms with Crippen molar-refractivity contribution in [3.63, 3.8) is 0 Å². The van der Waals surface area contributed by atoms with Gasteiger partial charge in [0.15, 0.2) is 0 Å². The number of anilines is 1. The summed E-state index contributed by atoms with van der Waals surface area (Å²) in [5, 5.41) is 4.29. The highest BCUT2D eigenvalue weighted by Gasteiger charge is 2.37. The van der Waals surface area contributed by atoms with Gasteiger partial charge in [0, 0.05) is 12.2 Å². The van der Waals surface area contributed by atoms with Crippen LogP contribution in [0.1, 0.15) is 17.5 Å². The van der Waals surface area contributed by atoms with Crippen LogP contribution < -0.4 is 10.6 Å². The molecule has 126 valence electrons. The van der Waals surface area contributed by atoms with Crippen LogP contribution in [0.5, 0.6) is 0 Å². The lowest BCUT2D eigenvalue weighted by Gasteiger charge is -2.15. The largest absolute Gasteiger partial charge is 0.416 e. The van der Waals surface area contributed by atoms with Crippen molar-refractivity contribution in [2.75, 3.05) is 11.9 Å². The Labute approximate surface area is 125 Å². The van der Waals surface area contributed by atoms with Crippen LogP contribution in [0.2, 0.25) is 0 Å². The minimum atomic E-state index is -5.01. The Bertz CT molecular complexity index is 606. The van der Waals surface area contributed by atoms with Gasteiger partial charge in [0.2, 0.25) is 11.8 Å². The van der Waals surface area contributed by atoms with E-state index in [1.807, 2.05) is 5.32 Å². The number of alkyl halides is 6. The number of carbonyl (C=O) groups excluding carboxylic acids is 2. The fraction of sp³-hybridized carbons (Fsp3) is 0.385. The van der Waals surface area contributed by atoms with Crippen LogP contribution in [0.3, 0.4) is 0 Å². The first-order valence-corrected chi connectivity index (χ1v) is 6.36. The summed E-state index contributed by atoms with van der Waals surface area (Å²) < 4.78 is 76.2. The third-order valence-electron chi connectivity index (χ3n) is 3.22. The van der Waals surface area contributed by atoms with E-state index in [2.05, 4.69) is 5.32 Å². The van der Waals surface area contributed by atoms with Crippen LogP contribution in [0, 0.1) is 5.92 Å². The Morgan fingerprint density at radius 1 is 1.04 bits per heavy atom. The van der Waals surface area contributed by atoms with Gasteiger partial charge in [-0.15, -0.1) is 0 Å². The monoisotopic (exact) mass is 340 g/mol. The Hall–Kier alpha value is -2.26. The van der Waals surface area contributed by atoms with Gasteiger partial charge >= 0.3 is 12.4 Å². The number of carbonyl (C=O) groups is 2. The maximum Gasteiger partial charge on any atom is 0.416 e. The SMILES string of the molecule is O=C1NCCC1C(=O)Nc1cc(C(F)(F)F)cc(C(F)(F)F)c1. The molecule has 1 fully saturated rings. The highest BCUT2D eigenvalue weighted by molar-refractivity contribution is 6.07. The molecule has 10 heteroatoms. The number of amides is 2. The van der Waals surface area contributed by atoms with E-state index in [1.165, 1.54) is 0 Å². The second-order valence-electron chi connectivity index (χ2n) is 4.92. The Morgan fingerprint density at radius 3 is 1.96 bits per heavy atom. The van der Waals surface area contributed by atoms with E-state index in [9.17, 15) is 35.9 Å². The Balaban J connectivity index is 2.34. The number of hydrogen-bond donors (Lipinski definition) is 2. The van der Waals surface area contributed by atoms with Gasteiger partial charge in [-0.1, -0.05) is 0 Å². The fourth-order valence-electron chi connectivity index (χ4n) is 2.10. The first kappa shape index (κ1) is 17.1. The van der Waals surface area contributed by atoms with Crippen molar-refractivity contribution in [2.45, 2.75) is 18.8 Å². The first-order chi connectivity index (χ1) is 10.5. The lowest BCUT2D eigenvalue weighted by molar-refractivity contribution is -0.143. The summed E-state index contributed by atoms with van der Waals surface area (Å²) in [4.78, 5) is 23.1. The van der Waals surface area contributed by atoms with Crippen LogP contribution in [0.4, 0.5) is 32.0 Å². The molecule has 2 N–H and O–H groups in total. The summed E-state index contributed by atoms with van der Waals surface area (Å²) in [6, 6.07) is 0.734. The molecule has 1 atom stereocenters. The van der Waals surface area contributed by atoms with Gasteiger partial charge in [-0.2, -0.15) is 26.3 Å². The predicted molar refractivity (Wildman–Crippen MR) is 66.2 cm³/mol. The van der Waals surface area contributed by atoms with Crippen LogP contribution in [0.15, 0.2) is 18.2 Å². The van der Waals surface area contributed by atoms with Gasteiger partial charge in [-0.25, -0.2) is 0 Å². The molecule has 1 aromatic rings. The molecule has 1 aromatic carbocycles. The molecule has 2 amide bonds. The zero-order valence-electron chi connectivity index (χ0n) is 11.3. The van der Waals surface area contributed by atoms with E-state index in [4.69, 9.17) is 0 Å². The van der Waals surface area contributed by atoms with E-state index >= 15 is 0 Å². The highest BCUT2D eigenvalue weighted by atomic mass is 19.4. The zero-order chi connectivity index (χ0) is 17.4. The number of nitrogens with one attached hydrogen (secondary N) is 2. The summed E-state index contributed by atoms with van der Waals surface area (Å²) in [6.45, 7) is 0.216. The van der Waals surface area contributed by atoms with Gasteiger partial charge in [-0.05, 0) is 24.6 Å². The molecule has 0 aromatic heterocycles. The van der Waals surface area contributed by atoms with E-state index < -0.39 is 46.9 Å². The first-order valence-electron chi connectivity index (χ1n) is 6.36. The third kappa shape index (κ3) is 3.93. The number of hydrogen-bond acceptors (Lipinski definition) is 2. The lowest BCUT2D eigenvalue weighted by Crippen LogP contribution is -2.30. The molecule has 23 heavy (non-hydrogen) atoms. The summed E-state index contributed by atoms with van der Waals surface area (Å²) in [6.07, 6.45) is -9.90. The molecule has 1 saturated heterocycles. The molecule has 1 aliphatic rings. The molecule has 2 rings (SSSR count). The van der Waals surface area contributed by atoms with E-state index in [0.29, 0.717) is 12.1 Å². The average Bonchev–Trinajstić information content (AvgIpc) is 2.82. The number of benzene rings is 1. The van der Waals surface area contributed by atoms with Crippen molar-refractivity contribution in [3.8, 4) is 0 Å². The molecule has 0 saturated carbocycles. The molecule has 0 bridgehead atoms. The van der Waals surface area contributed by atoms with E-state index in [1.54, 1.807) is 0 Å². The van der Waals surface area contributed by atoms with Crippen LogP contribution in [-0.4, -0.2) is 18.4 Å². The topological polar surface area (TPSA) is 58.2 Å². The van der Waals surface area contributed by atoms with Gasteiger partial charge < -0.3 is 10.6 Å². The number of rotatable bonds is 2. The number of halogens is 6. The minimum Gasteiger partial charge on any atom is -0.355 e. The molecule has 4 nitrogen and oxygen atoms in total. The molecular weight excluding hydrogens is 330 g/mol. The highest BCUT2D eigenvalue weighted by Crippen LogP contribution is 2.37. The second-order valence-corrected chi connectivity index (χ2v) is 4.92. The third-order valence-corrected chi connectivity index (χ3v) is 3.22. The molecule has 1 heterocycles. The van der Waals surface area contributed by atoms with Crippen LogP contribution in [-0.2, 0) is 21.9 Å². The lowest BCUT2D eigenvalue weighted by atomic mass is 10.1. The second kappa shape index (κ2) is 5.74. The Morgan fingerprint density at radius 2 is 1.57 bits per heavy atom. The van der Waals surface area contributed by atoms with Crippen molar-refractivity contribution in [1.82, 2.24) is 5.32 Å². The van der Waals surface area contributed by atoms with E-state index in [-0.39, 0.29) is 19.0 Å². The fourth-order valence-corrected chi connectivity index (χ4v) is 2.10. The van der Waals surface area contributed by atoms with Crippen molar-refractivity contribution in [1.29, 1.82) is 0 Å². The molecule has 1 aliphatic heterocycles. The van der Waals surface area contributed by atoms with E-state index in [0.717, 1.165) is 0 Å². The van der Waals surface area contributed by atoms with Crippen LogP contribution in [0.25, 0.3) is 0 Å². The molecule has 0 radical (unpaired) electrons. The zero-order valence-corrected chi connectivity index (χ0v) is 11.3. The standard InChI is InChI=1S/C13H10F6N2O2/c14-12(15,16)6-3-7(13(17,18)19)5-8(4-6)21-11(23)9-1-2-20-10(9)22/h3-5,9H,1-2H2,(H,20,22)(H,21,23). The molecule has 0 spiro atoms. The minimum absolute atomic E-state index is 0.0437. The molecular formula is C13H10F6N2O2. The van der Waals surface area contributed by atoms with Crippen molar-refractivity contribution in [2.24, 2.45) is 5.92 Å². The van der Waals surface area contributed by atoms with Crippen molar-refractivity contribution < 1.29 is 35.9 Å². The molecule has 0 aliphatic carbocycles. The van der Waals surface area contributed by atoms with Gasteiger partial charge in [0.25, 0.3) is 0 Å². The summed E-state index contributed by atoms with van der Waals surface area (Å²) in [7, 11) is 0. The maximum absolute atomic E-state index is 12.7. The van der Waals surface area contributed by atoms with Gasteiger partial charge in [0.05, 0.1) is 11.1 Å². The Kier molecular flexibility index (Phi) is 4.27. The summed E-state index contributed by atoms with van der Waals surface area (Å²) in [5.74, 6) is -2.71. The average molecular weight is 340 g/mol. The quantitative estimate of drug-likeness (QED) is 0.643. The van der Waals surface area contributed by atoms with Crippen molar-refractivity contribution >= 4 is 17.5 Å². The van der Waals surface area contributed by atoms with Crippen molar-refractivity contribution in [3.05, 3.63) is 29.3 Å².